The summed E-state index contributed by atoms with van der Waals surface area (Å²) in [6.07, 6.45) is -0.170. The number of aliphatic hydroxyl groups excluding tert-OH is 1. The lowest BCUT2D eigenvalue weighted by atomic mass is 9.61. The number of carbonyl (C=O) groups excluding carboxylic acids is 1. The average Bonchev–Trinajstić information content (AvgIpc) is 3.36. The topological polar surface area (TPSA) is 94.5 Å². The van der Waals surface area contributed by atoms with Gasteiger partial charge in [0, 0.05) is 24.7 Å². The van der Waals surface area contributed by atoms with E-state index in [9.17, 15) is 15.0 Å². The third kappa shape index (κ3) is 3.52. The third-order valence-corrected chi connectivity index (χ3v) is 8.47. The van der Waals surface area contributed by atoms with Crippen molar-refractivity contribution >= 4 is 5.97 Å². The van der Waals surface area contributed by atoms with Crippen LogP contribution >= 0.6 is 0 Å². The minimum Gasteiger partial charge on any atom is -0.508 e. The molecule has 2 aliphatic rings. The fraction of sp³-hybridized carbons (Fsp3) is 0.387. The molecule has 5 rings (SSSR count). The van der Waals surface area contributed by atoms with Gasteiger partial charge >= 0.3 is 5.97 Å². The molecule has 2 N–H and O–H groups in total. The molecular weight excluding hydrogens is 484 g/mol. The van der Waals surface area contributed by atoms with Crippen molar-refractivity contribution in [3.05, 3.63) is 89.0 Å². The number of phenols is 1. The maximum absolute atomic E-state index is 13.5. The molecule has 1 aliphatic carbocycles. The lowest BCUT2D eigenvalue weighted by Crippen LogP contribution is -2.52. The number of aromatic hydroxyl groups is 1. The molecule has 5 atom stereocenters. The zero-order chi connectivity index (χ0) is 27.1. The SMILES string of the molecule is CC[C@]12c3c(CCOC)cc(O)cc3O[C@@]1(c1ccc(OC)cc1)[C@H](c1ccccc1)[C@@H](C(=O)OC)[C@H]2O. The molecule has 200 valence electrons. The number of esters is 1. The van der Waals surface area contributed by atoms with E-state index in [0.29, 0.717) is 30.9 Å². The largest absolute Gasteiger partial charge is 0.508 e. The maximum atomic E-state index is 13.5. The van der Waals surface area contributed by atoms with Crippen LogP contribution in [0.5, 0.6) is 17.2 Å². The summed E-state index contributed by atoms with van der Waals surface area (Å²) in [5.41, 5.74) is 1.04. The summed E-state index contributed by atoms with van der Waals surface area (Å²) in [6, 6.07) is 20.6. The second kappa shape index (κ2) is 9.97. The van der Waals surface area contributed by atoms with Gasteiger partial charge < -0.3 is 29.2 Å². The molecule has 7 heteroatoms. The summed E-state index contributed by atoms with van der Waals surface area (Å²) in [5.74, 6) is -0.742. The minimum atomic E-state index is -1.19. The molecule has 0 amide bonds. The molecule has 0 saturated heterocycles. The summed E-state index contributed by atoms with van der Waals surface area (Å²) in [5, 5.41) is 23.0. The average molecular weight is 519 g/mol. The number of aliphatic hydroxyl groups is 1. The molecule has 7 nitrogen and oxygen atoms in total. The number of hydrogen-bond donors (Lipinski definition) is 2. The van der Waals surface area contributed by atoms with E-state index in [2.05, 4.69) is 0 Å². The molecule has 3 aromatic carbocycles. The Bertz CT molecular complexity index is 1310. The number of rotatable bonds is 8. The van der Waals surface area contributed by atoms with Crippen molar-refractivity contribution in [2.24, 2.45) is 5.92 Å². The first-order valence-electron chi connectivity index (χ1n) is 12.9. The molecule has 0 unspecified atom stereocenters. The fourth-order valence-corrected chi connectivity index (χ4v) is 7.04. The molecule has 0 aromatic heterocycles. The Kier molecular flexibility index (Phi) is 6.84. The maximum Gasteiger partial charge on any atom is 0.312 e. The third-order valence-electron chi connectivity index (χ3n) is 8.47. The van der Waals surface area contributed by atoms with E-state index in [4.69, 9.17) is 18.9 Å². The Hall–Kier alpha value is -3.55. The number of ether oxygens (including phenoxy) is 4. The highest BCUT2D eigenvalue weighted by Crippen LogP contribution is 2.71. The van der Waals surface area contributed by atoms with Gasteiger partial charge in [0.05, 0.1) is 38.3 Å². The summed E-state index contributed by atoms with van der Waals surface area (Å²) >= 11 is 0. The molecule has 0 radical (unpaired) electrons. The molecule has 1 heterocycles. The van der Waals surface area contributed by atoms with Crippen LogP contribution in [-0.4, -0.2) is 50.2 Å². The van der Waals surface area contributed by atoms with Gasteiger partial charge in [-0.05, 0) is 47.7 Å². The van der Waals surface area contributed by atoms with Gasteiger partial charge in [-0.2, -0.15) is 0 Å². The number of phenolic OH excluding ortho intramolecular Hbond substituents is 1. The van der Waals surface area contributed by atoms with Crippen molar-refractivity contribution < 1.29 is 34.0 Å². The zero-order valence-corrected chi connectivity index (χ0v) is 22.1. The fourth-order valence-electron chi connectivity index (χ4n) is 7.04. The van der Waals surface area contributed by atoms with Gasteiger partial charge in [-0.25, -0.2) is 0 Å². The molecular formula is C31H34O7. The van der Waals surface area contributed by atoms with Crippen molar-refractivity contribution in [3.63, 3.8) is 0 Å². The van der Waals surface area contributed by atoms with E-state index < -0.39 is 34.9 Å². The van der Waals surface area contributed by atoms with E-state index in [-0.39, 0.29) is 5.75 Å². The van der Waals surface area contributed by atoms with Gasteiger partial charge in [-0.15, -0.1) is 0 Å². The lowest BCUT2D eigenvalue weighted by molar-refractivity contribution is -0.150. The normalized spacial score (nSPS) is 27.3. The van der Waals surface area contributed by atoms with Crippen LogP contribution in [0.25, 0.3) is 0 Å². The second-order valence-corrected chi connectivity index (χ2v) is 9.99. The van der Waals surface area contributed by atoms with Crippen LogP contribution in [-0.2, 0) is 31.7 Å². The van der Waals surface area contributed by atoms with Crippen molar-refractivity contribution in [2.45, 2.75) is 42.8 Å². The Morgan fingerprint density at radius 1 is 1.03 bits per heavy atom. The summed E-state index contributed by atoms with van der Waals surface area (Å²) < 4.78 is 23.1. The molecule has 0 spiro atoms. The number of carbonyl (C=O) groups is 1. The monoisotopic (exact) mass is 518 g/mol. The van der Waals surface area contributed by atoms with E-state index in [0.717, 1.165) is 22.3 Å². The standard InChI is InChI=1S/C31H34O7/c1-5-30-26-20(15-16-35-2)17-22(32)18-24(26)38-31(30,21-11-13-23(36-3)14-12-21)27(19-9-7-6-8-10-19)25(28(30)33)29(34)37-4/h6-14,17-18,25,27-28,32-33H,5,15-16H2,1-4H3/t25-,27-,28-,30-,31+/m1/s1. The van der Waals surface area contributed by atoms with Gasteiger partial charge in [-0.3, -0.25) is 4.79 Å². The molecule has 1 saturated carbocycles. The van der Waals surface area contributed by atoms with Gasteiger partial charge in [0.2, 0.25) is 0 Å². The Labute approximate surface area is 222 Å². The van der Waals surface area contributed by atoms with E-state index in [1.165, 1.54) is 7.11 Å². The van der Waals surface area contributed by atoms with E-state index >= 15 is 0 Å². The molecule has 0 bridgehead atoms. The Morgan fingerprint density at radius 2 is 1.74 bits per heavy atom. The summed E-state index contributed by atoms with van der Waals surface area (Å²) in [7, 11) is 4.58. The van der Waals surface area contributed by atoms with Crippen LogP contribution in [0.1, 0.15) is 41.5 Å². The van der Waals surface area contributed by atoms with E-state index in [1.807, 2.05) is 61.5 Å². The number of benzene rings is 3. The van der Waals surface area contributed by atoms with Crippen molar-refractivity contribution in [2.75, 3.05) is 27.9 Å². The molecule has 3 aromatic rings. The summed E-state index contributed by atoms with van der Waals surface area (Å²) in [6.45, 7) is 2.43. The molecule has 38 heavy (non-hydrogen) atoms. The predicted octanol–water partition coefficient (Wildman–Crippen LogP) is 4.47. The first-order chi connectivity index (χ1) is 18.4. The number of methoxy groups -OCH3 is 3. The first-order valence-corrected chi connectivity index (χ1v) is 12.9. The van der Waals surface area contributed by atoms with Crippen LogP contribution in [0.2, 0.25) is 0 Å². The smallest absolute Gasteiger partial charge is 0.312 e. The Balaban J connectivity index is 1.89. The zero-order valence-electron chi connectivity index (χ0n) is 22.1. The highest BCUT2D eigenvalue weighted by atomic mass is 16.5. The molecule has 1 aliphatic heterocycles. The predicted molar refractivity (Wildman–Crippen MR) is 142 cm³/mol. The lowest BCUT2D eigenvalue weighted by Gasteiger charge is -2.44. The van der Waals surface area contributed by atoms with Gasteiger partial charge in [0.1, 0.15) is 17.2 Å². The quantitative estimate of drug-likeness (QED) is 0.425. The molecule has 1 fully saturated rings. The van der Waals surface area contributed by atoms with Crippen molar-refractivity contribution in [1.82, 2.24) is 0 Å². The van der Waals surface area contributed by atoms with Crippen LogP contribution < -0.4 is 9.47 Å². The highest BCUT2D eigenvalue weighted by molar-refractivity contribution is 5.78. The number of fused-ring (bicyclic) bond motifs is 3. The highest BCUT2D eigenvalue weighted by Gasteiger charge is 2.77. The summed E-state index contributed by atoms with van der Waals surface area (Å²) in [4.78, 5) is 13.5. The van der Waals surface area contributed by atoms with Crippen LogP contribution in [0.4, 0.5) is 0 Å². The van der Waals surface area contributed by atoms with Crippen LogP contribution in [0, 0.1) is 5.92 Å². The first kappa shape index (κ1) is 26.1. The minimum absolute atomic E-state index is 0.0706. The van der Waals surface area contributed by atoms with Gasteiger partial charge in [0.15, 0.2) is 5.60 Å². The second-order valence-electron chi connectivity index (χ2n) is 9.99. The van der Waals surface area contributed by atoms with Gasteiger partial charge in [-0.1, -0.05) is 49.4 Å². The number of hydrogen-bond acceptors (Lipinski definition) is 7. The van der Waals surface area contributed by atoms with Gasteiger partial charge in [0.25, 0.3) is 0 Å². The van der Waals surface area contributed by atoms with Crippen LogP contribution in [0.15, 0.2) is 66.7 Å². The van der Waals surface area contributed by atoms with E-state index in [1.54, 1.807) is 26.4 Å². The van der Waals surface area contributed by atoms with Crippen molar-refractivity contribution in [1.29, 1.82) is 0 Å². The van der Waals surface area contributed by atoms with Crippen LogP contribution in [0.3, 0.4) is 0 Å². The Morgan fingerprint density at radius 3 is 2.34 bits per heavy atom. The van der Waals surface area contributed by atoms with Crippen molar-refractivity contribution in [3.8, 4) is 17.2 Å².